The third-order valence-corrected chi connectivity index (χ3v) is 3.59. The van der Waals surface area contributed by atoms with Crippen molar-refractivity contribution in [3.05, 3.63) is 35.0 Å². The Morgan fingerprint density at radius 1 is 1.33 bits per heavy atom. The van der Waals surface area contributed by atoms with Gasteiger partial charge < -0.3 is 9.67 Å². The van der Waals surface area contributed by atoms with E-state index in [2.05, 4.69) is 43.8 Å². The van der Waals surface area contributed by atoms with E-state index in [1.54, 1.807) is 0 Å². The molecule has 0 radical (unpaired) electrons. The number of rotatable bonds is 4. The standard InChI is InChI=1S/C15H19NO2/c1-10-7-8-13-12(5-4-6-14(17)18)9-16(3)15(13)11(10)2/h7-9H,4-6H2,1-3H3,(H,17,18). The minimum atomic E-state index is -0.720. The molecule has 3 nitrogen and oxygen atoms in total. The molecular formula is C15H19NO2. The Bertz CT molecular complexity index is 596. The molecule has 96 valence electrons. The molecule has 1 aromatic carbocycles. The van der Waals surface area contributed by atoms with E-state index in [1.807, 2.05) is 0 Å². The van der Waals surface area contributed by atoms with Gasteiger partial charge in [0, 0.05) is 25.1 Å². The van der Waals surface area contributed by atoms with Crippen LogP contribution in [0.1, 0.15) is 29.5 Å². The predicted molar refractivity (Wildman–Crippen MR) is 73.0 cm³/mol. The van der Waals surface area contributed by atoms with Crippen molar-refractivity contribution < 1.29 is 9.90 Å². The third-order valence-electron chi connectivity index (χ3n) is 3.59. The number of carbonyl (C=O) groups is 1. The van der Waals surface area contributed by atoms with Crippen LogP contribution in [0.4, 0.5) is 0 Å². The van der Waals surface area contributed by atoms with Crippen molar-refractivity contribution in [3.8, 4) is 0 Å². The van der Waals surface area contributed by atoms with Crippen LogP contribution < -0.4 is 0 Å². The second-order valence-electron chi connectivity index (χ2n) is 4.92. The number of carboxylic acids is 1. The summed E-state index contributed by atoms with van der Waals surface area (Å²) in [4.78, 5) is 10.6. The molecule has 18 heavy (non-hydrogen) atoms. The Labute approximate surface area is 107 Å². The Morgan fingerprint density at radius 3 is 2.72 bits per heavy atom. The summed E-state index contributed by atoms with van der Waals surface area (Å²) in [7, 11) is 2.05. The summed E-state index contributed by atoms with van der Waals surface area (Å²) in [6.07, 6.45) is 3.88. The zero-order chi connectivity index (χ0) is 13.3. The SMILES string of the molecule is Cc1ccc2c(CCCC(=O)O)cn(C)c2c1C. The Morgan fingerprint density at radius 2 is 2.06 bits per heavy atom. The first-order valence-corrected chi connectivity index (χ1v) is 6.26. The van der Waals surface area contributed by atoms with E-state index in [-0.39, 0.29) is 6.42 Å². The van der Waals surface area contributed by atoms with Gasteiger partial charge in [-0.05, 0) is 43.4 Å². The fraction of sp³-hybridized carbons (Fsp3) is 0.400. The van der Waals surface area contributed by atoms with Gasteiger partial charge in [-0.25, -0.2) is 0 Å². The molecule has 0 amide bonds. The molecule has 0 atom stereocenters. The highest BCUT2D eigenvalue weighted by Crippen LogP contribution is 2.26. The molecule has 1 heterocycles. The van der Waals surface area contributed by atoms with Gasteiger partial charge in [0.05, 0.1) is 5.52 Å². The highest BCUT2D eigenvalue weighted by atomic mass is 16.4. The summed E-state index contributed by atoms with van der Waals surface area (Å²) in [5.74, 6) is -0.720. The number of aliphatic carboxylic acids is 1. The monoisotopic (exact) mass is 245 g/mol. The number of aromatic nitrogens is 1. The molecule has 0 spiro atoms. The van der Waals surface area contributed by atoms with Crippen LogP contribution in [0, 0.1) is 13.8 Å². The molecule has 1 aromatic heterocycles. The van der Waals surface area contributed by atoms with E-state index in [0.717, 1.165) is 6.42 Å². The largest absolute Gasteiger partial charge is 0.481 e. The van der Waals surface area contributed by atoms with Crippen LogP contribution >= 0.6 is 0 Å². The van der Waals surface area contributed by atoms with Crippen molar-refractivity contribution in [1.29, 1.82) is 0 Å². The van der Waals surface area contributed by atoms with Crippen LogP contribution in [0.5, 0.6) is 0 Å². The maximum Gasteiger partial charge on any atom is 0.303 e. The summed E-state index contributed by atoms with van der Waals surface area (Å²) in [6.45, 7) is 4.25. The molecule has 0 unspecified atom stereocenters. The molecule has 0 aliphatic heterocycles. The zero-order valence-electron chi connectivity index (χ0n) is 11.2. The smallest absolute Gasteiger partial charge is 0.303 e. The molecule has 0 saturated heterocycles. The highest BCUT2D eigenvalue weighted by molar-refractivity contribution is 5.87. The van der Waals surface area contributed by atoms with Crippen molar-refractivity contribution in [1.82, 2.24) is 4.57 Å². The van der Waals surface area contributed by atoms with Crippen LogP contribution in [0.25, 0.3) is 10.9 Å². The van der Waals surface area contributed by atoms with E-state index in [9.17, 15) is 4.79 Å². The van der Waals surface area contributed by atoms with Crippen molar-refractivity contribution in [2.45, 2.75) is 33.1 Å². The molecule has 0 saturated carbocycles. The summed E-state index contributed by atoms with van der Waals surface area (Å²) in [5.41, 5.74) is 5.11. The minimum absolute atomic E-state index is 0.237. The van der Waals surface area contributed by atoms with E-state index < -0.39 is 5.97 Å². The molecule has 0 fully saturated rings. The lowest BCUT2D eigenvalue weighted by Crippen LogP contribution is -1.95. The van der Waals surface area contributed by atoms with Gasteiger partial charge in [0.15, 0.2) is 0 Å². The quantitative estimate of drug-likeness (QED) is 0.898. The molecule has 2 aromatic rings. The van der Waals surface area contributed by atoms with Crippen LogP contribution in [0.3, 0.4) is 0 Å². The first-order chi connectivity index (χ1) is 8.50. The lowest BCUT2D eigenvalue weighted by atomic mass is 10.0. The van der Waals surface area contributed by atoms with Crippen LogP contribution in [0.15, 0.2) is 18.3 Å². The molecule has 1 N–H and O–H groups in total. The normalized spacial score (nSPS) is 11.1. The zero-order valence-corrected chi connectivity index (χ0v) is 11.2. The van der Waals surface area contributed by atoms with Gasteiger partial charge in [-0.3, -0.25) is 4.79 Å². The molecule has 0 aliphatic rings. The number of benzene rings is 1. The van der Waals surface area contributed by atoms with E-state index in [4.69, 9.17) is 5.11 Å². The van der Waals surface area contributed by atoms with E-state index in [1.165, 1.54) is 27.6 Å². The van der Waals surface area contributed by atoms with Crippen LogP contribution in [-0.4, -0.2) is 15.6 Å². The lowest BCUT2D eigenvalue weighted by molar-refractivity contribution is -0.137. The number of nitrogens with zero attached hydrogens (tertiary/aromatic N) is 1. The summed E-state index contributed by atoms with van der Waals surface area (Å²) in [5, 5.41) is 9.94. The summed E-state index contributed by atoms with van der Waals surface area (Å²) < 4.78 is 2.15. The third kappa shape index (κ3) is 2.26. The molecular weight excluding hydrogens is 226 g/mol. The van der Waals surface area contributed by atoms with Crippen LogP contribution in [-0.2, 0) is 18.3 Å². The fourth-order valence-corrected chi connectivity index (χ4v) is 2.51. The molecule has 2 rings (SSSR count). The Hall–Kier alpha value is -1.77. The van der Waals surface area contributed by atoms with Crippen molar-refractivity contribution in [2.75, 3.05) is 0 Å². The van der Waals surface area contributed by atoms with E-state index in [0.29, 0.717) is 6.42 Å². The maximum atomic E-state index is 10.6. The van der Waals surface area contributed by atoms with Gasteiger partial charge in [0.25, 0.3) is 0 Å². The second kappa shape index (κ2) is 4.84. The topological polar surface area (TPSA) is 42.2 Å². The minimum Gasteiger partial charge on any atom is -0.481 e. The average molecular weight is 245 g/mol. The molecule has 3 heteroatoms. The second-order valence-corrected chi connectivity index (χ2v) is 4.92. The first kappa shape index (κ1) is 12.7. The Kier molecular flexibility index (Phi) is 3.41. The molecule has 0 bridgehead atoms. The Balaban J connectivity index is 2.35. The van der Waals surface area contributed by atoms with Gasteiger partial charge in [-0.1, -0.05) is 12.1 Å². The maximum absolute atomic E-state index is 10.6. The van der Waals surface area contributed by atoms with Crippen molar-refractivity contribution in [3.63, 3.8) is 0 Å². The number of aryl methyl sites for hydroxylation is 4. The van der Waals surface area contributed by atoms with Gasteiger partial charge in [0.2, 0.25) is 0 Å². The highest BCUT2D eigenvalue weighted by Gasteiger charge is 2.10. The number of hydrogen-bond acceptors (Lipinski definition) is 1. The first-order valence-electron chi connectivity index (χ1n) is 6.26. The summed E-state index contributed by atoms with van der Waals surface area (Å²) in [6, 6.07) is 4.28. The van der Waals surface area contributed by atoms with Crippen LogP contribution in [0.2, 0.25) is 0 Å². The number of fused-ring (bicyclic) bond motifs is 1. The van der Waals surface area contributed by atoms with E-state index >= 15 is 0 Å². The summed E-state index contributed by atoms with van der Waals surface area (Å²) >= 11 is 0. The number of carboxylic acid groups (broad SMARTS) is 1. The molecule has 0 aliphatic carbocycles. The number of hydrogen-bond donors (Lipinski definition) is 1. The van der Waals surface area contributed by atoms with Gasteiger partial charge in [0.1, 0.15) is 0 Å². The van der Waals surface area contributed by atoms with Gasteiger partial charge in [-0.2, -0.15) is 0 Å². The average Bonchev–Trinajstić information content (AvgIpc) is 2.61. The fourth-order valence-electron chi connectivity index (χ4n) is 2.51. The van der Waals surface area contributed by atoms with Gasteiger partial charge >= 0.3 is 5.97 Å². The predicted octanol–water partition coefficient (Wildman–Crippen LogP) is 3.20. The van der Waals surface area contributed by atoms with Crippen molar-refractivity contribution in [2.24, 2.45) is 7.05 Å². The lowest BCUT2D eigenvalue weighted by Gasteiger charge is -2.04. The van der Waals surface area contributed by atoms with Crippen molar-refractivity contribution >= 4 is 16.9 Å². The van der Waals surface area contributed by atoms with Gasteiger partial charge in [-0.15, -0.1) is 0 Å².